The van der Waals surface area contributed by atoms with Crippen molar-refractivity contribution in [2.45, 2.75) is 53.5 Å². The number of rotatable bonds is 7. The van der Waals surface area contributed by atoms with Crippen LogP contribution in [0.1, 0.15) is 49.2 Å². The van der Waals surface area contributed by atoms with E-state index in [1.807, 2.05) is 18.5 Å². The van der Waals surface area contributed by atoms with Crippen molar-refractivity contribution in [2.75, 3.05) is 5.32 Å². The number of nitrogens with one attached hydrogen (secondary N) is 1. The summed E-state index contributed by atoms with van der Waals surface area (Å²) in [4.78, 5) is 23.6. The molecule has 0 saturated heterocycles. The summed E-state index contributed by atoms with van der Waals surface area (Å²) in [5.74, 6) is -1.17. The van der Waals surface area contributed by atoms with Crippen LogP contribution in [0.15, 0.2) is 24.3 Å². The first-order valence-corrected chi connectivity index (χ1v) is 8.84. The summed E-state index contributed by atoms with van der Waals surface area (Å²) in [5.41, 5.74) is 4.09. The molecule has 0 bridgehead atoms. The van der Waals surface area contributed by atoms with Gasteiger partial charge in [0.1, 0.15) is 0 Å². The van der Waals surface area contributed by atoms with E-state index in [-0.39, 0.29) is 12.3 Å². The molecule has 26 heavy (non-hydrogen) atoms. The smallest absolute Gasteiger partial charge is 0.310 e. The number of carboxylic acid groups (broad SMARTS) is 1. The lowest BCUT2D eigenvalue weighted by molar-refractivity contribution is -0.138. The third-order valence-electron chi connectivity index (χ3n) is 4.45. The topological polar surface area (TPSA) is 84.2 Å². The molecule has 0 fully saturated rings. The lowest BCUT2D eigenvalue weighted by Gasteiger charge is -2.11. The summed E-state index contributed by atoms with van der Waals surface area (Å²) in [7, 11) is 0. The number of aryl methyl sites for hydroxylation is 1. The van der Waals surface area contributed by atoms with Crippen LogP contribution in [-0.4, -0.2) is 26.8 Å². The van der Waals surface area contributed by atoms with Gasteiger partial charge in [0.25, 0.3) is 0 Å². The van der Waals surface area contributed by atoms with Gasteiger partial charge in [-0.05, 0) is 44.4 Å². The Balaban J connectivity index is 2.11. The first kappa shape index (κ1) is 19.7. The van der Waals surface area contributed by atoms with Crippen molar-refractivity contribution in [3.05, 3.63) is 46.8 Å². The van der Waals surface area contributed by atoms with E-state index in [4.69, 9.17) is 5.11 Å². The highest BCUT2D eigenvalue weighted by Crippen LogP contribution is 2.20. The molecule has 1 atom stereocenters. The number of hydrogen-bond acceptors (Lipinski definition) is 3. The van der Waals surface area contributed by atoms with Gasteiger partial charge in [0.05, 0.1) is 18.0 Å². The second-order valence-corrected chi connectivity index (χ2v) is 7.14. The Hall–Kier alpha value is -2.63. The van der Waals surface area contributed by atoms with Crippen molar-refractivity contribution < 1.29 is 14.7 Å². The number of nitrogens with zero attached hydrogens (tertiary/aromatic N) is 2. The Morgan fingerprint density at radius 1 is 1.23 bits per heavy atom. The van der Waals surface area contributed by atoms with Crippen LogP contribution >= 0.6 is 0 Å². The third kappa shape index (κ3) is 4.71. The van der Waals surface area contributed by atoms with Crippen molar-refractivity contribution >= 4 is 17.6 Å². The molecule has 1 aromatic heterocycles. The predicted octanol–water partition coefficient (Wildman–Crippen LogP) is 3.53. The zero-order valence-corrected chi connectivity index (χ0v) is 16.0. The molecule has 0 aliphatic heterocycles. The molecular weight excluding hydrogens is 330 g/mol. The average molecular weight is 357 g/mol. The minimum absolute atomic E-state index is 0.138. The molecule has 1 heterocycles. The molecular formula is C20H27N3O3. The molecule has 1 aromatic carbocycles. The summed E-state index contributed by atoms with van der Waals surface area (Å²) in [6.07, 6.45) is 0.245. The fourth-order valence-corrected chi connectivity index (χ4v) is 2.91. The van der Waals surface area contributed by atoms with Crippen molar-refractivity contribution in [2.24, 2.45) is 5.92 Å². The molecule has 140 valence electrons. The van der Waals surface area contributed by atoms with E-state index in [2.05, 4.69) is 24.3 Å². The van der Waals surface area contributed by atoms with Gasteiger partial charge in [-0.1, -0.05) is 26.0 Å². The molecule has 2 rings (SSSR count). The lowest BCUT2D eigenvalue weighted by Crippen LogP contribution is -2.16. The minimum atomic E-state index is -0.891. The van der Waals surface area contributed by atoms with Gasteiger partial charge in [0, 0.05) is 23.5 Å². The number of aromatic nitrogens is 2. The molecule has 6 heteroatoms. The summed E-state index contributed by atoms with van der Waals surface area (Å²) < 4.78 is 1.96. The number of hydrogen-bond donors (Lipinski definition) is 2. The zero-order valence-electron chi connectivity index (χ0n) is 16.0. The lowest BCUT2D eigenvalue weighted by atomic mass is 10.0. The third-order valence-corrected chi connectivity index (χ3v) is 4.45. The number of benzene rings is 1. The van der Waals surface area contributed by atoms with E-state index in [1.54, 1.807) is 31.2 Å². The summed E-state index contributed by atoms with van der Waals surface area (Å²) in [6, 6.07) is 6.97. The number of carboxylic acids is 1. The SMILES string of the molecule is Cc1nn(CC(C)C)c(C)c1CC(=O)Nc1cccc(C(C)C(=O)O)c1. The molecule has 2 aromatic rings. The number of amides is 1. The Morgan fingerprint density at radius 2 is 1.92 bits per heavy atom. The maximum atomic E-state index is 12.5. The Morgan fingerprint density at radius 3 is 2.54 bits per heavy atom. The number of carbonyl (C=O) groups excluding carboxylic acids is 1. The average Bonchev–Trinajstić information content (AvgIpc) is 2.81. The number of carbonyl (C=O) groups is 2. The van der Waals surface area contributed by atoms with Crippen LogP contribution in [0.2, 0.25) is 0 Å². The van der Waals surface area contributed by atoms with Gasteiger partial charge in [-0.25, -0.2) is 0 Å². The van der Waals surface area contributed by atoms with Crippen molar-refractivity contribution in [1.82, 2.24) is 9.78 Å². The largest absolute Gasteiger partial charge is 0.481 e. The maximum Gasteiger partial charge on any atom is 0.310 e. The van der Waals surface area contributed by atoms with Gasteiger partial charge in [-0.3, -0.25) is 14.3 Å². The summed E-state index contributed by atoms with van der Waals surface area (Å²) >= 11 is 0. The molecule has 0 spiro atoms. The highest BCUT2D eigenvalue weighted by molar-refractivity contribution is 5.92. The summed E-state index contributed by atoms with van der Waals surface area (Å²) in [5, 5.41) is 16.5. The monoisotopic (exact) mass is 357 g/mol. The molecule has 2 N–H and O–H groups in total. The Bertz CT molecular complexity index is 809. The van der Waals surface area contributed by atoms with E-state index in [9.17, 15) is 9.59 Å². The zero-order chi connectivity index (χ0) is 19.4. The second-order valence-electron chi connectivity index (χ2n) is 7.14. The number of anilines is 1. The van der Waals surface area contributed by atoms with Gasteiger partial charge < -0.3 is 10.4 Å². The van der Waals surface area contributed by atoms with Crippen LogP contribution in [0.25, 0.3) is 0 Å². The first-order valence-electron chi connectivity index (χ1n) is 8.84. The standard InChI is InChI=1S/C20H27N3O3/c1-12(2)11-23-15(5)18(14(4)22-23)10-19(24)21-17-8-6-7-16(9-17)13(3)20(25)26/h6-9,12-13H,10-11H2,1-5H3,(H,21,24)(H,25,26). The molecule has 6 nitrogen and oxygen atoms in total. The van der Waals surface area contributed by atoms with Gasteiger partial charge in [0.2, 0.25) is 5.91 Å². The first-order chi connectivity index (χ1) is 12.2. The van der Waals surface area contributed by atoms with E-state index in [0.717, 1.165) is 23.5 Å². The van der Waals surface area contributed by atoms with Gasteiger partial charge in [-0.15, -0.1) is 0 Å². The van der Waals surface area contributed by atoms with Crippen molar-refractivity contribution in [1.29, 1.82) is 0 Å². The molecule has 0 aliphatic carbocycles. The summed E-state index contributed by atoms with van der Waals surface area (Å²) in [6.45, 7) is 10.6. The van der Waals surface area contributed by atoms with Gasteiger partial charge >= 0.3 is 5.97 Å². The normalized spacial score (nSPS) is 12.2. The van der Waals surface area contributed by atoms with E-state index in [0.29, 0.717) is 17.2 Å². The highest BCUT2D eigenvalue weighted by atomic mass is 16.4. The van der Waals surface area contributed by atoms with E-state index in [1.165, 1.54) is 0 Å². The van der Waals surface area contributed by atoms with Crippen LogP contribution in [0, 0.1) is 19.8 Å². The number of aliphatic carboxylic acids is 1. The quantitative estimate of drug-likeness (QED) is 0.794. The minimum Gasteiger partial charge on any atom is -0.481 e. The fraction of sp³-hybridized carbons (Fsp3) is 0.450. The molecule has 0 radical (unpaired) electrons. The van der Waals surface area contributed by atoms with Crippen LogP contribution in [0.4, 0.5) is 5.69 Å². The van der Waals surface area contributed by atoms with Crippen LogP contribution < -0.4 is 5.32 Å². The van der Waals surface area contributed by atoms with Crippen LogP contribution in [0.5, 0.6) is 0 Å². The molecule has 1 unspecified atom stereocenters. The molecule has 1 amide bonds. The highest BCUT2D eigenvalue weighted by Gasteiger charge is 2.17. The Labute approximate surface area is 154 Å². The van der Waals surface area contributed by atoms with Crippen LogP contribution in [-0.2, 0) is 22.6 Å². The van der Waals surface area contributed by atoms with E-state index >= 15 is 0 Å². The predicted molar refractivity (Wildman–Crippen MR) is 101 cm³/mol. The Kier molecular flexibility index (Phi) is 6.18. The van der Waals surface area contributed by atoms with Gasteiger partial charge in [0.15, 0.2) is 0 Å². The second kappa shape index (κ2) is 8.17. The van der Waals surface area contributed by atoms with Crippen molar-refractivity contribution in [3.63, 3.8) is 0 Å². The van der Waals surface area contributed by atoms with Gasteiger partial charge in [-0.2, -0.15) is 5.10 Å². The van der Waals surface area contributed by atoms with E-state index < -0.39 is 11.9 Å². The maximum absolute atomic E-state index is 12.5. The van der Waals surface area contributed by atoms with Crippen molar-refractivity contribution in [3.8, 4) is 0 Å². The molecule has 0 aliphatic rings. The fourth-order valence-electron chi connectivity index (χ4n) is 2.91. The molecule has 0 saturated carbocycles. The van der Waals surface area contributed by atoms with Crippen LogP contribution in [0.3, 0.4) is 0 Å².